The third-order valence-corrected chi connectivity index (χ3v) is 5.79. The van der Waals surface area contributed by atoms with Gasteiger partial charge in [0.1, 0.15) is 23.4 Å². The van der Waals surface area contributed by atoms with Crippen LogP contribution < -0.4 is 10.2 Å². The molecule has 0 aliphatic carbocycles. The van der Waals surface area contributed by atoms with Crippen molar-refractivity contribution in [3.8, 4) is 11.4 Å². The Bertz CT molecular complexity index is 1390. The standard InChI is InChI=1S/C23H22ClFN8O2/c1-31-6-5-20(30-31)28-23(34)18-10-21(29-22(27-18)16-4-3-15(24)9-17(16)25)33-7-8-35-19(13-33)14-11-26-32(2)12-14/h3-6,9-12,19H,7-8,13H2,1-2H3,(H,28,30,34). The molecule has 4 aromatic rings. The number of anilines is 2. The van der Waals surface area contributed by atoms with Crippen LogP contribution in [0.2, 0.25) is 5.02 Å². The zero-order valence-corrected chi connectivity index (χ0v) is 19.8. The van der Waals surface area contributed by atoms with E-state index >= 15 is 0 Å². The van der Waals surface area contributed by atoms with E-state index in [4.69, 9.17) is 16.3 Å². The van der Waals surface area contributed by atoms with Gasteiger partial charge in [0.25, 0.3) is 5.91 Å². The molecular formula is C23H22ClFN8O2. The number of carbonyl (C=O) groups excluding carboxylic acids is 1. The number of benzene rings is 1. The van der Waals surface area contributed by atoms with Gasteiger partial charge >= 0.3 is 0 Å². The van der Waals surface area contributed by atoms with E-state index in [1.54, 1.807) is 47.0 Å². The minimum absolute atomic E-state index is 0.0762. The van der Waals surface area contributed by atoms with Crippen LogP contribution in [0.15, 0.2) is 48.9 Å². The van der Waals surface area contributed by atoms with Crippen molar-refractivity contribution in [3.63, 3.8) is 0 Å². The highest BCUT2D eigenvalue weighted by Crippen LogP contribution is 2.29. The number of halogens is 2. The van der Waals surface area contributed by atoms with Crippen molar-refractivity contribution in [2.45, 2.75) is 6.10 Å². The highest BCUT2D eigenvalue weighted by Gasteiger charge is 2.26. The summed E-state index contributed by atoms with van der Waals surface area (Å²) in [5.74, 6) is -0.138. The molecule has 3 aromatic heterocycles. The molecule has 180 valence electrons. The molecule has 1 aliphatic heterocycles. The first-order valence-corrected chi connectivity index (χ1v) is 11.2. The van der Waals surface area contributed by atoms with Crippen molar-refractivity contribution in [1.82, 2.24) is 29.5 Å². The Kier molecular flexibility index (Phi) is 6.18. The van der Waals surface area contributed by atoms with Crippen molar-refractivity contribution in [2.24, 2.45) is 14.1 Å². The predicted octanol–water partition coefficient (Wildman–Crippen LogP) is 3.23. The van der Waals surface area contributed by atoms with E-state index in [0.717, 1.165) is 5.56 Å². The first kappa shape index (κ1) is 22.9. The molecule has 0 saturated carbocycles. The number of nitrogens with one attached hydrogen (secondary N) is 1. The fourth-order valence-corrected chi connectivity index (χ4v) is 3.99. The minimum Gasteiger partial charge on any atom is -0.370 e. The Hall–Kier alpha value is -3.83. The predicted molar refractivity (Wildman–Crippen MR) is 128 cm³/mol. The highest BCUT2D eigenvalue weighted by molar-refractivity contribution is 6.30. The van der Waals surface area contributed by atoms with Crippen molar-refractivity contribution >= 4 is 29.1 Å². The number of rotatable bonds is 5. The van der Waals surface area contributed by atoms with Gasteiger partial charge in [0.15, 0.2) is 11.6 Å². The zero-order chi connectivity index (χ0) is 24.5. The number of hydrogen-bond donors (Lipinski definition) is 1. The average molecular weight is 497 g/mol. The highest BCUT2D eigenvalue weighted by atomic mass is 35.5. The first-order valence-electron chi connectivity index (χ1n) is 10.9. The quantitative estimate of drug-likeness (QED) is 0.452. The van der Waals surface area contributed by atoms with Crippen LogP contribution >= 0.6 is 11.6 Å². The van der Waals surface area contributed by atoms with Gasteiger partial charge in [-0.3, -0.25) is 14.2 Å². The molecule has 1 saturated heterocycles. The van der Waals surface area contributed by atoms with Crippen LogP contribution in [0.4, 0.5) is 16.0 Å². The molecule has 1 N–H and O–H groups in total. The van der Waals surface area contributed by atoms with E-state index in [1.807, 2.05) is 18.1 Å². The van der Waals surface area contributed by atoms with Gasteiger partial charge < -0.3 is 15.0 Å². The van der Waals surface area contributed by atoms with Crippen LogP contribution in [0, 0.1) is 5.82 Å². The molecule has 1 unspecified atom stereocenters. The van der Waals surface area contributed by atoms with Gasteiger partial charge in [0, 0.05) is 62.3 Å². The van der Waals surface area contributed by atoms with Crippen LogP contribution in [0.3, 0.4) is 0 Å². The SMILES string of the molecule is Cn1cc(C2CN(c3cc(C(=O)Nc4ccn(C)n4)nc(-c4ccc(Cl)cc4F)n3)CCO2)cn1. The fraction of sp³-hybridized carbons (Fsp3) is 0.261. The van der Waals surface area contributed by atoms with Crippen molar-refractivity contribution in [2.75, 3.05) is 29.9 Å². The maximum Gasteiger partial charge on any atom is 0.275 e. The van der Waals surface area contributed by atoms with Gasteiger partial charge in [-0.05, 0) is 18.2 Å². The second-order valence-electron chi connectivity index (χ2n) is 8.14. The molecule has 0 radical (unpaired) electrons. The van der Waals surface area contributed by atoms with Gasteiger partial charge in [0.2, 0.25) is 0 Å². The second-order valence-corrected chi connectivity index (χ2v) is 8.58. The Balaban J connectivity index is 1.51. The summed E-state index contributed by atoms with van der Waals surface area (Å²) in [5.41, 5.74) is 1.15. The number of aromatic nitrogens is 6. The summed E-state index contributed by atoms with van der Waals surface area (Å²) >= 11 is 5.92. The maximum absolute atomic E-state index is 14.8. The molecule has 1 aromatic carbocycles. The van der Waals surface area contributed by atoms with E-state index in [0.29, 0.717) is 31.3 Å². The maximum atomic E-state index is 14.8. The van der Waals surface area contributed by atoms with Crippen LogP contribution in [-0.2, 0) is 18.8 Å². The Labute approximate surface area is 205 Å². The van der Waals surface area contributed by atoms with E-state index in [2.05, 4.69) is 25.5 Å². The molecule has 10 nitrogen and oxygen atoms in total. The molecule has 35 heavy (non-hydrogen) atoms. The minimum atomic E-state index is -0.582. The molecule has 1 amide bonds. The number of aryl methyl sites for hydroxylation is 2. The Morgan fingerprint density at radius 1 is 1.20 bits per heavy atom. The molecule has 5 rings (SSSR count). The molecular weight excluding hydrogens is 475 g/mol. The molecule has 0 bridgehead atoms. The van der Waals surface area contributed by atoms with Gasteiger partial charge in [-0.15, -0.1) is 0 Å². The van der Waals surface area contributed by atoms with Gasteiger partial charge in [-0.25, -0.2) is 14.4 Å². The second kappa shape index (κ2) is 9.43. The third kappa shape index (κ3) is 5.00. The number of amides is 1. The normalized spacial score (nSPS) is 15.9. The molecule has 1 fully saturated rings. The number of morpholine rings is 1. The average Bonchev–Trinajstić information content (AvgIpc) is 3.46. The summed E-state index contributed by atoms with van der Waals surface area (Å²) < 4.78 is 24.0. The lowest BCUT2D eigenvalue weighted by Crippen LogP contribution is -2.39. The number of ether oxygens (including phenoxy) is 1. The van der Waals surface area contributed by atoms with Crippen LogP contribution in [0.5, 0.6) is 0 Å². The number of nitrogens with zero attached hydrogens (tertiary/aromatic N) is 7. The summed E-state index contributed by atoms with van der Waals surface area (Å²) in [6, 6.07) is 7.49. The zero-order valence-electron chi connectivity index (χ0n) is 19.0. The van der Waals surface area contributed by atoms with Crippen LogP contribution in [0.1, 0.15) is 22.2 Å². The molecule has 4 heterocycles. The lowest BCUT2D eigenvalue weighted by molar-refractivity contribution is 0.0395. The molecule has 12 heteroatoms. The summed E-state index contributed by atoms with van der Waals surface area (Å²) in [5, 5.41) is 11.4. The lowest BCUT2D eigenvalue weighted by Gasteiger charge is -2.33. The first-order chi connectivity index (χ1) is 16.9. The van der Waals surface area contributed by atoms with Crippen molar-refractivity contribution in [3.05, 3.63) is 71.0 Å². The summed E-state index contributed by atoms with van der Waals surface area (Å²) in [7, 11) is 3.59. The van der Waals surface area contributed by atoms with Crippen LogP contribution in [-0.4, -0.2) is 55.1 Å². The van der Waals surface area contributed by atoms with Gasteiger partial charge in [-0.2, -0.15) is 10.2 Å². The van der Waals surface area contributed by atoms with E-state index in [1.165, 1.54) is 12.1 Å². The summed E-state index contributed by atoms with van der Waals surface area (Å²) in [6.45, 7) is 1.47. The van der Waals surface area contributed by atoms with E-state index in [9.17, 15) is 9.18 Å². The van der Waals surface area contributed by atoms with Crippen molar-refractivity contribution < 1.29 is 13.9 Å². The topological polar surface area (TPSA) is 103 Å². The summed E-state index contributed by atoms with van der Waals surface area (Å²) in [6.07, 6.45) is 5.14. The van der Waals surface area contributed by atoms with Gasteiger partial charge in [-0.1, -0.05) is 11.6 Å². The van der Waals surface area contributed by atoms with E-state index in [-0.39, 0.29) is 28.2 Å². The van der Waals surface area contributed by atoms with Crippen LogP contribution in [0.25, 0.3) is 11.4 Å². The van der Waals surface area contributed by atoms with Gasteiger partial charge in [0.05, 0.1) is 18.4 Å². The molecule has 0 spiro atoms. The Morgan fingerprint density at radius 3 is 2.77 bits per heavy atom. The lowest BCUT2D eigenvalue weighted by atomic mass is 10.1. The Morgan fingerprint density at radius 2 is 2.06 bits per heavy atom. The number of carbonyl (C=O) groups is 1. The molecule has 1 aliphatic rings. The molecule has 1 atom stereocenters. The van der Waals surface area contributed by atoms with E-state index < -0.39 is 11.7 Å². The largest absolute Gasteiger partial charge is 0.370 e. The smallest absolute Gasteiger partial charge is 0.275 e. The van der Waals surface area contributed by atoms with Crippen molar-refractivity contribution in [1.29, 1.82) is 0 Å². The fourth-order valence-electron chi connectivity index (χ4n) is 3.83. The number of hydrogen-bond acceptors (Lipinski definition) is 7. The monoisotopic (exact) mass is 496 g/mol. The third-order valence-electron chi connectivity index (χ3n) is 5.56. The summed E-state index contributed by atoms with van der Waals surface area (Å²) in [4.78, 5) is 24.0.